The molecule has 2 aliphatic rings. The van der Waals surface area contributed by atoms with E-state index < -0.39 is 0 Å². The molecule has 0 aliphatic carbocycles. The van der Waals surface area contributed by atoms with E-state index in [0.29, 0.717) is 31.2 Å². The molecule has 1 aromatic heterocycles. The highest BCUT2D eigenvalue weighted by Gasteiger charge is 2.39. The quantitative estimate of drug-likeness (QED) is 0.754. The van der Waals surface area contributed by atoms with E-state index in [2.05, 4.69) is 10.3 Å². The van der Waals surface area contributed by atoms with Crippen molar-refractivity contribution in [1.82, 2.24) is 20.1 Å². The van der Waals surface area contributed by atoms with E-state index in [0.717, 1.165) is 25.9 Å². The third-order valence-corrected chi connectivity index (χ3v) is 5.10. The molecule has 0 spiro atoms. The average Bonchev–Trinajstić information content (AvgIpc) is 2.66. The summed E-state index contributed by atoms with van der Waals surface area (Å²) in [5, 5.41) is 3.11. The van der Waals surface area contributed by atoms with Crippen LogP contribution in [0.4, 0.5) is 0 Å². The van der Waals surface area contributed by atoms with Crippen LogP contribution in [-0.2, 0) is 9.59 Å². The molecule has 3 heterocycles. The number of piperidine rings is 2. The summed E-state index contributed by atoms with van der Waals surface area (Å²) in [5.74, 6) is 1.22. The van der Waals surface area contributed by atoms with E-state index in [1.807, 2.05) is 16.8 Å². The van der Waals surface area contributed by atoms with Gasteiger partial charge in [-0.3, -0.25) is 14.6 Å². The number of aromatic nitrogens is 1. The molecule has 1 aromatic rings. The summed E-state index contributed by atoms with van der Waals surface area (Å²) in [5.41, 5.74) is 0. The zero-order valence-electron chi connectivity index (χ0n) is 15.5. The first-order chi connectivity index (χ1) is 12.2. The van der Waals surface area contributed by atoms with Gasteiger partial charge in [-0.05, 0) is 37.9 Å². The Morgan fingerprint density at radius 3 is 2.89 bits per heavy atom. The van der Waals surface area contributed by atoms with Crippen molar-refractivity contribution in [3.05, 3.63) is 24.5 Å². The molecule has 2 amide bonds. The van der Waals surface area contributed by atoms with Crippen molar-refractivity contribution in [2.75, 3.05) is 39.8 Å². The fraction of sp³-hybridized carbons (Fsp3) is 0.611. The number of likely N-dealkylation sites (tertiary alicyclic amines) is 2. The lowest BCUT2D eigenvalue weighted by Crippen LogP contribution is -2.58. The first-order valence-corrected chi connectivity index (χ1v) is 8.93. The van der Waals surface area contributed by atoms with Crippen molar-refractivity contribution in [1.29, 1.82) is 0 Å². The van der Waals surface area contributed by atoms with Gasteiger partial charge in [0.1, 0.15) is 5.75 Å². The summed E-state index contributed by atoms with van der Waals surface area (Å²) in [7, 11) is 1.90. The van der Waals surface area contributed by atoms with E-state index in [1.54, 1.807) is 24.5 Å². The highest BCUT2D eigenvalue weighted by molar-refractivity contribution is 5.85. The molecule has 2 fully saturated rings. The van der Waals surface area contributed by atoms with Gasteiger partial charge in [0.2, 0.25) is 5.91 Å². The normalized spacial score (nSPS) is 21.6. The van der Waals surface area contributed by atoms with Crippen LogP contribution in [-0.4, -0.2) is 72.5 Å². The zero-order chi connectivity index (χ0) is 17.6. The lowest BCUT2D eigenvalue weighted by Gasteiger charge is -2.47. The van der Waals surface area contributed by atoms with Crippen LogP contribution in [0.15, 0.2) is 24.5 Å². The van der Waals surface area contributed by atoms with Gasteiger partial charge in [-0.1, -0.05) is 0 Å². The lowest BCUT2D eigenvalue weighted by molar-refractivity contribution is -0.144. The van der Waals surface area contributed by atoms with Gasteiger partial charge in [-0.15, -0.1) is 24.8 Å². The number of pyridine rings is 1. The number of fused-ring (bicyclic) bond motifs is 1. The molecule has 0 bridgehead atoms. The molecule has 3 rings (SSSR count). The molecule has 2 saturated heterocycles. The Labute approximate surface area is 172 Å². The monoisotopic (exact) mass is 418 g/mol. The summed E-state index contributed by atoms with van der Waals surface area (Å²) in [6.07, 6.45) is 5.57. The van der Waals surface area contributed by atoms with Crippen LogP contribution in [0, 0.1) is 5.92 Å². The maximum absolute atomic E-state index is 12.5. The fourth-order valence-corrected chi connectivity index (χ4v) is 3.77. The van der Waals surface area contributed by atoms with Crippen LogP contribution < -0.4 is 10.1 Å². The predicted octanol–water partition coefficient (Wildman–Crippen LogP) is 1.36. The molecule has 0 radical (unpaired) electrons. The molecule has 7 nitrogen and oxygen atoms in total. The van der Waals surface area contributed by atoms with E-state index in [9.17, 15) is 9.59 Å². The summed E-state index contributed by atoms with van der Waals surface area (Å²) >= 11 is 0. The number of nitrogens with one attached hydrogen (secondary N) is 1. The van der Waals surface area contributed by atoms with Gasteiger partial charge in [0.05, 0.1) is 6.20 Å². The van der Waals surface area contributed by atoms with Crippen molar-refractivity contribution in [2.45, 2.75) is 25.3 Å². The number of ether oxygens (including phenoxy) is 1. The molecule has 2 atom stereocenters. The fourth-order valence-electron chi connectivity index (χ4n) is 3.77. The second-order valence-corrected chi connectivity index (χ2v) is 6.66. The van der Waals surface area contributed by atoms with Gasteiger partial charge >= 0.3 is 0 Å². The van der Waals surface area contributed by atoms with E-state index in [4.69, 9.17) is 4.74 Å². The molecular weight excluding hydrogens is 391 g/mol. The zero-order valence-corrected chi connectivity index (χ0v) is 17.1. The van der Waals surface area contributed by atoms with Gasteiger partial charge in [0.15, 0.2) is 6.61 Å². The molecule has 27 heavy (non-hydrogen) atoms. The molecule has 2 aliphatic heterocycles. The highest BCUT2D eigenvalue weighted by atomic mass is 35.5. The summed E-state index contributed by atoms with van der Waals surface area (Å²) in [4.78, 5) is 32.5. The third kappa shape index (κ3) is 5.96. The number of hydrogen-bond donors (Lipinski definition) is 1. The topological polar surface area (TPSA) is 74.8 Å². The number of carbonyl (C=O) groups excluding carboxylic acids is 2. The standard InChI is InChI=1S/C18H26N4O3.2ClH/c1-19-8-10-22-16-6-9-21(12-14(16)4-5-17(22)23)18(24)13-25-15-3-2-7-20-11-15;;/h2-3,7,11,14,16,19H,4-6,8-10,12-13H2,1H3;2*1H/t14-,16+;;/m0../s1. The number of likely N-dealkylation sites (N-methyl/N-ethyl adjacent to an activating group) is 1. The van der Waals surface area contributed by atoms with E-state index in [1.165, 1.54) is 0 Å². The minimum atomic E-state index is 0. The SMILES string of the molecule is CNCCN1C(=O)CC[C@H]2CN(C(=O)COc3cccnc3)CC[C@H]21.Cl.Cl. The first-order valence-electron chi connectivity index (χ1n) is 8.93. The molecule has 0 unspecified atom stereocenters. The van der Waals surface area contributed by atoms with Crippen LogP contribution in [0.25, 0.3) is 0 Å². The summed E-state index contributed by atoms with van der Waals surface area (Å²) < 4.78 is 5.52. The van der Waals surface area contributed by atoms with Crippen LogP contribution in [0.5, 0.6) is 5.75 Å². The van der Waals surface area contributed by atoms with Crippen molar-refractivity contribution < 1.29 is 14.3 Å². The minimum absolute atomic E-state index is 0. The summed E-state index contributed by atoms with van der Waals surface area (Å²) in [6.45, 7) is 2.97. The number of amides is 2. The van der Waals surface area contributed by atoms with Crippen LogP contribution >= 0.6 is 24.8 Å². The average molecular weight is 419 g/mol. The second kappa shape index (κ2) is 11.3. The minimum Gasteiger partial charge on any atom is -0.482 e. The van der Waals surface area contributed by atoms with E-state index >= 15 is 0 Å². The number of rotatable bonds is 6. The van der Waals surface area contributed by atoms with Gasteiger partial charge in [-0.25, -0.2) is 0 Å². The van der Waals surface area contributed by atoms with Crippen molar-refractivity contribution in [3.63, 3.8) is 0 Å². The van der Waals surface area contributed by atoms with Gasteiger partial charge < -0.3 is 19.9 Å². The Morgan fingerprint density at radius 1 is 1.37 bits per heavy atom. The maximum Gasteiger partial charge on any atom is 0.260 e. The highest BCUT2D eigenvalue weighted by Crippen LogP contribution is 2.31. The second-order valence-electron chi connectivity index (χ2n) is 6.66. The van der Waals surface area contributed by atoms with Crippen LogP contribution in [0.2, 0.25) is 0 Å². The molecular formula is C18H28Cl2N4O3. The lowest BCUT2D eigenvalue weighted by atomic mass is 9.83. The van der Waals surface area contributed by atoms with Crippen molar-refractivity contribution in [2.24, 2.45) is 5.92 Å². The molecule has 9 heteroatoms. The molecule has 1 N–H and O–H groups in total. The third-order valence-electron chi connectivity index (χ3n) is 5.10. The molecule has 0 saturated carbocycles. The molecule has 152 valence electrons. The first kappa shape index (κ1) is 23.5. The van der Waals surface area contributed by atoms with Crippen molar-refractivity contribution >= 4 is 36.6 Å². The smallest absolute Gasteiger partial charge is 0.260 e. The predicted molar refractivity (Wildman–Crippen MR) is 108 cm³/mol. The van der Waals surface area contributed by atoms with Gasteiger partial charge in [-0.2, -0.15) is 0 Å². The Hall–Kier alpha value is -1.57. The van der Waals surface area contributed by atoms with Gasteiger partial charge in [0.25, 0.3) is 5.91 Å². The van der Waals surface area contributed by atoms with Crippen molar-refractivity contribution in [3.8, 4) is 5.75 Å². The van der Waals surface area contributed by atoms with E-state index in [-0.39, 0.29) is 49.3 Å². The molecule has 0 aromatic carbocycles. The Kier molecular flexibility index (Phi) is 9.83. The number of nitrogens with zero attached hydrogens (tertiary/aromatic N) is 3. The maximum atomic E-state index is 12.5. The number of halogens is 2. The number of carbonyl (C=O) groups is 2. The Balaban J connectivity index is 0.00000182. The number of hydrogen-bond acceptors (Lipinski definition) is 5. The largest absolute Gasteiger partial charge is 0.482 e. The van der Waals surface area contributed by atoms with Crippen LogP contribution in [0.3, 0.4) is 0 Å². The Bertz CT molecular complexity index is 606. The summed E-state index contributed by atoms with van der Waals surface area (Å²) in [6, 6.07) is 3.83. The van der Waals surface area contributed by atoms with Crippen LogP contribution in [0.1, 0.15) is 19.3 Å². The van der Waals surface area contributed by atoms with Gasteiger partial charge in [0, 0.05) is 44.8 Å². The Morgan fingerprint density at radius 2 is 2.19 bits per heavy atom.